The van der Waals surface area contributed by atoms with Gasteiger partial charge in [-0.1, -0.05) is 24.3 Å². The summed E-state index contributed by atoms with van der Waals surface area (Å²) in [6, 6.07) is 13.4. The van der Waals surface area contributed by atoms with Gasteiger partial charge in [-0.15, -0.1) is 0 Å². The molecule has 0 unspecified atom stereocenters. The standard InChI is InChI=1S/C21H17FN4O2/c1-28-18-5-3-2-4-16(18)19-17-13-23-10-11-26(17)20(25-19)21(27)24-12-14-6-8-15(22)9-7-14/h2-11,13H,12H2,1H3,(H,24,27). The number of amides is 1. The number of carbonyl (C=O) groups excluding carboxylic acids is 1. The van der Waals surface area contributed by atoms with Crippen LogP contribution < -0.4 is 10.1 Å². The Hall–Kier alpha value is -3.74. The SMILES string of the molecule is COc1ccccc1-c1nc(C(=O)NCc2ccc(F)cc2)n2ccncc12. The number of halogens is 1. The second kappa shape index (κ2) is 7.48. The first-order valence-corrected chi connectivity index (χ1v) is 8.65. The number of para-hydroxylation sites is 1. The zero-order valence-electron chi connectivity index (χ0n) is 15.1. The number of carbonyl (C=O) groups is 1. The van der Waals surface area contributed by atoms with Crippen LogP contribution in [0.2, 0.25) is 0 Å². The maximum absolute atomic E-state index is 13.0. The number of methoxy groups -OCH3 is 1. The van der Waals surface area contributed by atoms with Crippen LogP contribution in [0.25, 0.3) is 16.8 Å². The molecule has 0 radical (unpaired) electrons. The largest absolute Gasteiger partial charge is 0.496 e. The van der Waals surface area contributed by atoms with Crippen LogP contribution in [0.3, 0.4) is 0 Å². The molecule has 6 nitrogen and oxygen atoms in total. The number of rotatable bonds is 5. The van der Waals surface area contributed by atoms with Gasteiger partial charge in [-0.2, -0.15) is 0 Å². The van der Waals surface area contributed by atoms with Crippen LogP contribution in [0.1, 0.15) is 16.2 Å². The molecule has 4 aromatic rings. The lowest BCUT2D eigenvalue weighted by Gasteiger charge is -2.05. The van der Waals surface area contributed by atoms with Gasteiger partial charge in [0.2, 0.25) is 5.82 Å². The van der Waals surface area contributed by atoms with Crippen molar-refractivity contribution in [1.82, 2.24) is 19.7 Å². The van der Waals surface area contributed by atoms with Crippen molar-refractivity contribution in [3.8, 4) is 17.0 Å². The first kappa shape index (κ1) is 17.7. The highest BCUT2D eigenvalue weighted by Gasteiger charge is 2.20. The second-order valence-corrected chi connectivity index (χ2v) is 6.13. The maximum Gasteiger partial charge on any atom is 0.287 e. The number of hydrogen-bond acceptors (Lipinski definition) is 4. The van der Waals surface area contributed by atoms with Gasteiger partial charge in [0.05, 0.1) is 18.8 Å². The van der Waals surface area contributed by atoms with Crippen molar-refractivity contribution in [1.29, 1.82) is 0 Å². The number of hydrogen-bond donors (Lipinski definition) is 1. The molecule has 0 saturated heterocycles. The lowest BCUT2D eigenvalue weighted by molar-refractivity contribution is 0.0940. The van der Waals surface area contributed by atoms with E-state index in [-0.39, 0.29) is 24.1 Å². The van der Waals surface area contributed by atoms with Crippen LogP contribution in [0.4, 0.5) is 4.39 Å². The smallest absolute Gasteiger partial charge is 0.287 e. The van der Waals surface area contributed by atoms with E-state index in [1.54, 1.807) is 42.2 Å². The second-order valence-electron chi connectivity index (χ2n) is 6.13. The number of ether oxygens (including phenoxy) is 1. The van der Waals surface area contributed by atoms with Gasteiger partial charge in [0, 0.05) is 24.5 Å². The highest BCUT2D eigenvalue weighted by molar-refractivity contribution is 5.95. The Morgan fingerprint density at radius 3 is 2.75 bits per heavy atom. The van der Waals surface area contributed by atoms with Crippen LogP contribution in [0, 0.1) is 5.82 Å². The third-order valence-corrected chi connectivity index (χ3v) is 4.38. The summed E-state index contributed by atoms with van der Waals surface area (Å²) >= 11 is 0. The molecule has 0 bridgehead atoms. The molecule has 4 rings (SSSR count). The fourth-order valence-corrected chi connectivity index (χ4v) is 3.00. The topological polar surface area (TPSA) is 68.5 Å². The number of benzene rings is 2. The van der Waals surface area contributed by atoms with E-state index in [2.05, 4.69) is 15.3 Å². The molecule has 0 saturated carbocycles. The molecule has 2 aromatic carbocycles. The predicted octanol–water partition coefficient (Wildman–Crippen LogP) is 3.47. The fourth-order valence-electron chi connectivity index (χ4n) is 3.00. The zero-order chi connectivity index (χ0) is 19.5. The summed E-state index contributed by atoms with van der Waals surface area (Å²) in [6.45, 7) is 0.267. The van der Waals surface area contributed by atoms with Crippen molar-refractivity contribution in [2.75, 3.05) is 7.11 Å². The molecule has 0 fully saturated rings. The number of nitrogens with zero attached hydrogens (tertiary/aromatic N) is 3. The van der Waals surface area contributed by atoms with E-state index in [9.17, 15) is 9.18 Å². The van der Waals surface area contributed by atoms with Crippen LogP contribution >= 0.6 is 0 Å². The van der Waals surface area contributed by atoms with Crippen molar-refractivity contribution < 1.29 is 13.9 Å². The van der Waals surface area contributed by atoms with Gasteiger partial charge >= 0.3 is 0 Å². The summed E-state index contributed by atoms with van der Waals surface area (Å²) < 4.78 is 20.2. The molecule has 0 spiro atoms. The first-order chi connectivity index (χ1) is 13.7. The summed E-state index contributed by atoms with van der Waals surface area (Å²) in [4.78, 5) is 21.5. The van der Waals surface area contributed by atoms with Gasteiger partial charge in [0.1, 0.15) is 17.3 Å². The van der Waals surface area contributed by atoms with E-state index in [0.717, 1.165) is 11.1 Å². The van der Waals surface area contributed by atoms with Gasteiger partial charge in [-0.05, 0) is 29.8 Å². The van der Waals surface area contributed by atoms with Crippen molar-refractivity contribution >= 4 is 11.4 Å². The summed E-state index contributed by atoms with van der Waals surface area (Å²) in [6.07, 6.45) is 4.94. The Morgan fingerprint density at radius 1 is 1.18 bits per heavy atom. The molecule has 1 N–H and O–H groups in total. The summed E-state index contributed by atoms with van der Waals surface area (Å²) in [5, 5.41) is 2.82. The predicted molar refractivity (Wildman–Crippen MR) is 103 cm³/mol. The maximum atomic E-state index is 13.0. The fraction of sp³-hybridized carbons (Fsp3) is 0.0952. The third kappa shape index (κ3) is 3.29. The van der Waals surface area contributed by atoms with Crippen molar-refractivity contribution in [3.05, 3.63) is 84.3 Å². The lowest BCUT2D eigenvalue weighted by atomic mass is 10.1. The first-order valence-electron chi connectivity index (χ1n) is 8.65. The summed E-state index contributed by atoms with van der Waals surface area (Å²) in [5.41, 5.74) is 2.87. The number of aromatic nitrogens is 3. The molecule has 2 aromatic heterocycles. The number of imidazole rings is 1. The van der Waals surface area contributed by atoms with Gasteiger partial charge in [0.25, 0.3) is 5.91 Å². The lowest BCUT2D eigenvalue weighted by Crippen LogP contribution is -2.25. The van der Waals surface area contributed by atoms with E-state index in [0.29, 0.717) is 17.0 Å². The molecule has 2 heterocycles. The Balaban J connectivity index is 1.69. The summed E-state index contributed by atoms with van der Waals surface area (Å²) in [5.74, 6) is 0.236. The van der Waals surface area contributed by atoms with Gasteiger partial charge in [-0.3, -0.25) is 14.2 Å². The molecule has 28 heavy (non-hydrogen) atoms. The minimum atomic E-state index is -0.341. The molecule has 0 aliphatic heterocycles. The Kier molecular flexibility index (Phi) is 4.72. The quantitative estimate of drug-likeness (QED) is 0.579. The van der Waals surface area contributed by atoms with Crippen LogP contribution in [0.15, 0.2) is 67.1 Å². The van der Waals surface area contributed by atoms with Crippen molar-refractivity contribution in [2.24, 2.45) is 0 Å². The monoisotopic (exact) mass is 376 g/mol. The third-order valence-electron chi connectivity index (χ3n) is 4.38. The molecule has 140 valence electrons. The van der Waals surface area contributed by atoms with E-state index in [1.165, 1.54) is 12.1 Å². The average Bonchev–Trinajstić information content (AvgIpc) is 3.13. The van der Waals surface area contributed by atoms with Crippen molar-refractivity contribution in [2.45, 2.75) is 6.54 Å². The molecule has 0 aliphatic carbocycles. The highest BCUT2D eigenvalue weighted by Crippen LogP contribution is 2.32. The molecule has 7 heteroatoms. The minimum absolute atomic E-state index is 0.236. The van der Waals surface area contributed by atoms with Crippen LogP contribution in [0.5, 0.6) is 5.75 Å². The van der Waals surface area contributed by atoms with E-state index in [1.807, 2.05) is 24.3 Å². The van der Waals surface area contributed by atoms with Crippen LogP contribution in [-0.2, 0) is 6.54 Å². The Bertz CT molecular complexity index is 1140. The number of fused-ring (bicyclic) bond motifs is 1. The van der Waals surface area contributed by atoms with E-state index in [4.69, 9.17) is 4.74 Å². The molecule has 0 atom stereocenters. The van der Waals surface area contributed by atoms with E-state index >= 15 is 0 Å². The molecular weight excluding hydrogens is 359 g/mol. The Morgan fingerprint density at radius 2 is 1.96 bits per heavy atom. The highest BCUT2D eigenvalue weighted by atomic mass is 19.1. The normalized spacial score (nSPS) is 10.8. The molecular formula is C21H17FN4O2. The average molecular weight is 376 g/mol. The molecule has 1 amide bonds. The van der Waals surface area contributed by atoms with Crippen LogP contribution in [-0.4, -0.2) is 27.4 Å². The summed E-state index contributed by atoms with van der Waals surface area (Å²) in [7, 11) is 1.59. The zero-order valence-corrected chi connectivity index (χ0v) is 15.1. The van der Waals surface area contributed by atoms with Gasteiger partial charge in [-0.25, -0.2) is 9.37 Å². The Labute approximate surface area is 160 Å². The van der Waals surface area contributed by atoms with Gasteiger partial charge < -0.3 is 10.1 Å². The minimum Gasteiger partial charge on any atom is -0.496 e. The number of nitrogens with one attached hydrogen (secondary N) is 1. The van der Waals surface area contributed by atoms with E-state index < -0.39 is 0 Å². The molecule has 0 aliphatic rings. The van der Waals surface area contributed by atoms with Crippen molar-refractivity contribution in [3.63, 3.8) is 0 Å². The van der Waals surface area contributed by atoms with Gasteiger partial charge in [0.15, 0.2) is 0 Å².